The van der Waals surface area contributed by atoms with Gasteiger partial charge >= 0.3 is 0 Å². The van der Waals surface area contributed by atoms with Gasteiger partial charge < -0.3 is 0 Å². The SMILES string of the molecule is CC(C)C(=O)CNS(=O)(=O)CC1CC1. The first-order valence-electron chi connectivity index (χ1n) is 4.91. The Morgan fingerprint density at radius 1 is 1.43 bits per heavy atom. The number of nitrogens with one attached hydrogen (secondary N) is 1. The Balaban J connectivity index is 2.31. The second kappa shape index (κ2) is 4.40. The molecule has 1 rings (SSSR count). The number of carbonyl (C=O) groups is 1. The average molecular weight is 219 g/mol. The van der Waals surface area contributed by atoms with E-state index >= 15 is 0 Å². The molecule has 0 aliphatic heterocycles. The van der Waals surface area contributed by atoms with Crippen molar-refractivity contribution in [3.8, 4) is 0 Å². The van der Waals surface area contributed by atoms with Crippen molar-refractivity contribution < 1.29 is 13.2 Å². The highest BCUT2D eigenvalue weighted by Gasteiger charge is 2.28. The summed E-state index contributed by atoms with van der Waals surface area (Å²) < 4.78 is 25.0. The molecular weight excluding hydrogens is 202 g/mol. The highest BCUT2D eigenvalue weighted by molar-refractivity contribution is 7.89. The van der Waals surface area contributed by atoms with Crippen LogP contribution >= 0.6 is 0 Å². The van der Waals surface area contributed by atoms with E-state index in [9.17, 15) is 13.2 Å². The van der Waals surface area contributed by atoms with Crippen molar-refractivity contribution in [2.75, 3.05) is 12.3 Å². The Bertz CT molecular complexity index is 304. The van der Waals surface area contributed by atoms with Crippen molar-refractivity contribution in [3.05, 3.63) is 0 Å². The van der Waals surface area contributed by atoms with Gasteiger partial charge in [-0.3, -0.25) is 4.79 Å². The van der Waals surface area contributed by atoms with Crippen LogP contribution in [0, 0.1) is 11.8 Å². The number of ketones is 1. The van der Waals surface area contributed by atoms with Crippen molar-refractivity contribution in [2.45, 2.75) is 26.7 Å². The zero-order chi connectivity index (χ0) is 10.8. The van der Waals surface area contributed by atoms with Gasteiger partial charge in [0.25, 0.3) is 0 Å². The fourth-order valence-electron chi connectivity index (χ4n) is 1.04. The molecule has 1 fully saturated rings. The quantitative estimate of drug-likeness (QED) is 0.709. The van der Waals surface area contributed by atoms with Crippen molar-refractivity contribution in [1.29, 1.82) is 0 Å². The molecular formula is C9H17NO3S. The van der Waals surface area contributed by atoms with Gasteiger partial charge in [0.15, 0.2) is 0 Å². The molecule has 0 saturated heterocycles. The maximum atomic E-state index is 11.3. The Kier molecular flexibility index (Phi) is 3.66. The first-order valence-corrected chi connectivity index (χ1v) is 6.56. The minimum atomic E-state index is -3.22. The fraction of sp³-hybridized carbons (Fsp3) is 0.889. The maximum Gasteiger partial charge on any atom is 0.212 e. The molecule has 1 aliphatic carbocycles. The average Bonchev–Trinajstić information content (AvgIpc) is 2.83. The summed E-state index contributed by atoms with van der Waals surface area (Å²) in [5.74, 6) is 0.322. The monoisotopic (exact) mass is 219 g/mol. The van der Waals surface area contributed by atoms with Crippen LogP contribution in [-0.2, 0) is 14.8 Å². The molecule has 82 valence electrons. The summed E-state index contributed by atoms with van der Waals surface area (Å²) in [6.07, 6.45) is 2.00. The van der Waals surface area contributed by atoms with E-state index in [1.165, 1.54) is 0 Å². The van der Waals surface area contributed by atoms with Crippen LogP contribution in [0.4, 0.5) is 0 Å². The molecule has 0 radical (unpaired) electrons. The van der Waals surface area contributed by atoms with Gasteiger partial charge in [0.05, 0.1) is 12.3 Å². The minimum Gasteiger partial charge on any atom is -0.298 e. The topological polar surface area (TPSA) is 63.2 Å². The van der Waals surface area contributed by atoms with Crippen molar-refractivity contribution in [3.63, 3.8) is 0 Å². The second-order valence-electron chi connectivity index (χ2n) is 4.17. The molecule has 4 nitrogen and oxygen atoms in total. The molecule has 0 aromatic heterocycles. The Labute approximate surface area is 85.1 Å². The molecule has 0 amide bonds. The highest BCUT2D eigenvalue weighted by atomic mass is 32.2. The number of sulfonamides is 1. The smallest absolute Gasteiger partial charge is 0.212 e. The fourth-order valence-corrected chi connectivity index (χ4v) is 2.47. The number of rotatable bonds is 6. The summed E-state index contributed by atoms with van der Waals surface area (Å²) in [5, 5.41) is 0. The molecule has 14 heavy (non-hydrogen) atoms. The van der Waals surface area contributed by atoms with Gasteiger partial charge in [0.1, 0.15) is 5.78 Å². The van der Waals surface area contributed by atoms with Crippen LogP contribution in [0.1, 0.15) is 26.7 Å². The summed E-state index contributed by atoms with van der Waals surface area (Å²) in [6.45, 7) is 3.46. The van der Waals surface area contributed by atoms with Gasteiger partial charge in [-0.25, -0.2) is 13.1 Å². The van der Waals surface area contributed by atoms with Crippen molar-refractivity contribution in [1.82, 2.24) is 4.72 Å². The third-order valence-electron chi connectivity index (χ3n) is 2.26. The summed E-state index contributed by atoms with van der Waals surface area (Å²) in [7, 11) is -3.22. The molecule has 0 unspecified atom stereocenters. The molecule has 1 aliphatic rings. The predicted octanol–water partition coefficient (Wildman–Crippen LogP) is 0.541. The largest absolute Gasteiger partial charge is 0.298 e. The lowest BCUT2D eigenvalue weighted by Crippen LogP contribution is -2.33. The highest BCUT2D eigenvalue weighted by Crippen LogP contribution is 2.29. The van der Waals surface area contributed by atoms with Crippen LogP contribution in [0.2, 0.25) is 0 Å². The van der Waals surface area contributed by atoms with Gasteiger partial charge in [-0.05, 0) is 18.8 Å². The van der Waals surface area contributed by atoms with Crippen molar-refractivity contribution >= 4 is 15.8 Å². The van der Waals surface area contributed by atoms with Crippen LogP contribution in [0.25, 0.3) is 0 Å². The Hall–Kier alpha value is -0.420. The summed E-state index contributed by atoms with van der Waals surface area (Å²) in [4.78, 5) is 11.2. The third kappa shape index (κ3) is 4.19. The Morgan fingerprint density at radius 2 is 2.00 bits per heavy atom. The van der Waals surface area contributed by atoms with Gasteiger partial charge in [0.2, 0.25) is 10.0 Å². The molecule has 0 atom stereocenters. The van der Waals surface area contributed by atoms with Crippen molar-refractivity contribution in [2.24, 2.45) is 11.8 Å². The molecule has 0 heterocycles. The van der Waals surface area contributed by atoms with Gasteiger partial charge in [-0.15, -0.1) is 0 Å². The Morgan fingerprint density at radius 3 is 2.43 bits per heavy atom. The molecule has 0 spiro atoms. The zero-order valence-electron chi connectivity index (χ0n) is 8.62. The maximum absolute atomic E-state index is 11.3. The first-order chi connectivity index (χ1) is 6.41. The standard InChI is InChI=1S/C9H17NO3S/c1-7(2)9(11)5-10-14(12,13)6-8-3-4-8/h7-8,10H,3-6H2,1-2H3. The number of hydrogen-bond acceptors (Lipinski definition) is 3. The van der Waals surface area contributed by atoms with Gasteiger partial charge in [0, 0.05) is 5.92 Å². The van der Waals surface area contributed by atoms with Crippen LogP contribution in [0.3, 0.4) is 0 Å². The number of hydrogen-bond donors (Lipinski definition) is 1. The van der Waals surface area contributed by atoms with E-state index < -0.39 is 10.0 Å². The molecule has 5 heteroatoms. The molecule has 0 aromatic rings. The number of carbonyl (C=O) groups excluding carboxylic acids is 1. The van der Waals surface area contributed by atoms with E-state index in [-0.39, 0.29) is 24.0 Å². The summed E-state index contributed by atoms with van der Waals surface area (Å²) >= 11 is 0. The summed E-state index contributed by atoms with van der Waals surface area (Å²) in [5.41, 5.74) is 0. The second-order valence-corrected chi connectivity index (χ2v) is 6.02. The van der Waals surface area contributed by atoms with E-state index in [1.807, 2.05) is 0 Å². The van der Waals surface area contributed by atoms with Gasteiger partial charge in [-0.1, -0.05) is 13.8 Å². The lowest BCUT2D eigenvalue weighted by Gasteiger charge is -2.06. The third-order valence-corrected chi connectivity index (χ3v) is 3.76. The van der Waals surface area contributed by atoms with Crippen LogP contribution in [0.15, 0.2) is 0 Å². The van der Waals surface area contributed by atoms with E-state index in [0.717, 1.165) is 12.8 Å². The van der Waals surface area contributed by atoms with E-state index in [1.54, 1.807) is 13.8 Å². The van der Waals surface area contributed by atoms with Crippen LogP contribution < -0.4 is 4.72 Å². The normalized spacial score (nSPS) is 17.4. The molecule has 1 N–H and O–H groups in total. The lowest BCUT2D eigenvalue weighted by molar-refractivity contribution is -0.120. The van der Waals surface area contributed by atoms with E-state index in [0.29, 0.717) is 5.92 Å². The number of Topliss-reactive ketones (excluding diaryl/α,β-unsaturated/α-hetero) is 1. The predicted molar refractivity (Wildman–Crippen MR) is 54.4 cm³/mol. The zero-order valence-corrected chi connectivity index (χ0v) is 9.43. The van der Waals surface area contributed by atoms with Crippen LogP contribution in [-0.4, -0.2) is 26.5 Å². The molecule has 0 aromatic carbocycles. The van der Waals surface area contributed by atoms with Crippen LogP contribution in [0.5, 0.6) is 0 Å². The lowest BCUT2D eigenvalue weighted by atomic mass is 10.1. The first kappa shape index (κ1) is 11.7. The molecule has 1 saturated carbocycles. The summed E-state index contributed by atoms with van der Waals surface area (Å²) in [6, 6.07) is 0. The van der Waals surface area contributed by atoms with E-state index in [2.05, 4.69) is 4.72 Å². The molecule has 0 bridgehead atoms. The minimum absolute atomic E-state index is 0.0628. The van der Waals surface area contributed by atoms with Gasteiger partial charge in [-0.2, -0.15) is 0 Å². The van der Waals surface area contributed by atoms with E-state index in [4.69, 9.17) is 0 Å².